The Morgan fingerprint density at radius 1 is 1.25 bits per heavy atom. The lowest BCUT2D eigenvalue weighted by Gasteiger charge is -2.32. The highest BCUT2D eigenvalue weighted by Gasteiger charge is 2.30. The fourth-order valence-electron chi connectivity index (χ4n) is 2.59. The van der Waals surface area contributed by atoms with E-state index < -0.39 is 40.3 Å². The van der Waals surface area contributed by atoms with Gasteiger partial charge < -0.3 is 15.0 Å². The number of nitrogens with one attached hydrogen (secondary N) is 1. The zero-order chi connectivity index (χ0) is 20.8. The molecule has 1 aliphatic rings. The minimum atomic E-state index is -1.68. The van der Waals surface area contributed by atoms with Crippen LogP contribution in [-0.2, 0) is 19.1 Å². The Kier molecular flexibility index (Phi) is 7.69. The first-order chi connectivity index (χ1) is 13.2. The summed E-state index contributed by atoms with van der Waals surface area (Å²) in [5.41, 5.74) is -0.488. The summed E-state index contributed by atoms with van der Waals surface area (Å²) in [5.74, 6) is -5.31. The highest BCUT2D eigenvalue weighted by atomic mass is 32.2. The first-order valence-electron chi connectivity index (χ1n) is 8.32. The normalized spacial score (nSPS) is 16.8. The average Bonchev–Trinajstić information content (AvgIpc) is 2.67. The van der Waals surface area contributed by atoms with Gasteiger partial charge in [-0.3, -0.25) is 19.3 Å². The number of methoxy groups -OCH3 is 1. The molecule has 1 fully saturated rings. The van der Waals surface area contributed by atoms with Crippen molar-refractivity contribution in [3.63, 3.8) is 0 Å². The van der Waals surface area contributed by atoms with Crippen molar-refractivity contribution in [2.75, 3.05) is 51.4 Å². The summed E-state index contributed by atoms with van der Waals surface area (Å²) in [7, 11) is 2.79. The molecule has 1 aromatic rings. The standard InChI is InChI=1S/C17H20F3N3O4S/c1-22(8-13(24)21-11-4-3-10(18)15(19)16(11)20)9-14(25)23-5-6-28-12(7-23)17(26)27-2/h3-4,12H,5-9H2,1-2H3,(H,21,24)/t12-/m0/s1. The SMILES string of the molecule is COC(=O)[C@@H]1CN(C(=O)CN(C)CC(=O)Nc2ccc(F)c(F)c2F)CCS1. The Balaban J connectivity index is 1.86. The number of esters is 1. The van der Waals surface area contributed by atoms with Gasteiger partial charge in [0.05, 0.1) is 25.9 Å². The first kappa shape index (κ1) is 22.0. The van der Waals surface area contributed by atoms with E-state index in [1.807, 2.05) is 0 Å². The van der Waals surface area contributed by atoms with Crippen LogP contribution in [0.2, 0.25) is 0 Å². The van der Waals surface area contributed by atoms with Crippen LogP contribution in [0.3, 0.4) is 0 Å². The molecule has 1 heterocycles. The third-order valence-corrected chi connectivity index (χ3v) is 5.17. The minimum Gasteiger partial charge on any atom is -0.468 e. The Morgan fingerprint density at radius 2 is 1.96 bits per heavy atom. The Morgan fingerprint density at radius 3 is 2.64 bits per heavy atom. The van der Waals surface area contributed by atoms with Crippen molar-refractivity contribution in [1.82, 2.24) is 9.80 Å². The second-order valence-corrected chi connectivity index (χ2v) is 7.48. The second-order valence-electron chi connectivity index (χ2n) is 6.17. The van der Waals surface area contributed by atoms with Crippen LogP contribution in [0, 0.1) is 17.5 Å². The molecule has 0 unspecified atom stereocenters. The number of likely N-dealkylation sites (N-methyl/N-ethyl adjacent to an activating group) is 1. The highest BCUT2D eigenvalue weighted by Crippen LogP contribution is 2.21. The maximum absolute atomic E-state index is 13.6. The van der Waals surface area contributed by atoms with Crippen LogP contribution >= 0.6 is 11.8 Å². The molecule has 2 rings (SSSR count). The number of nitrogens with zero attached hydrogens (tertiary/aromatic N) is 2. The molecule has 11 heteroatoms. The van der Waals surface area contributed by atoms with Gasteiger partial charge in [0, 0.05) is 18.8 Å². The number of thioether (sulfide) groups is 1. The lowest BCUT2D eigenvalue weighted by molar-refractivity contribution is -0.141. The van der Waals surface area contributed by atoms with Crippen molar-refractivity contribution >= 4 is 35.2 Å². The van der Waals surface area contributed by atoms with Gasteiger partial charge >= 0.3 is 5.97 Å². The Bertz CT molecular complexity index is 765. The summed E-state index contributed by atoms with van der Waals surface area (Å²) < 4.78 is 44.4. The van der Waals surface area contributed by atoms with E-state index in [2.05, 4.69) is 5.32 Å². The molecule has 0 bridgehead atoms. The fourth-order valence-corrected chi connectivity index (χ4v) is 3.72. The van der Waals surface area contributed by atoms with Crippen LogP contribution in [0.5, 0.6) is 0 Å². The molecule has 1 aromatic carbocycles. The summed E-state index contributed by atoms with van der Waals surface area (Å²) >= 11 is 1.41. The predicted octanol–water partition coefficient (Wildman–Crippen LogP) is 1.09. The predicted molar refractivity (Wildman–Crippen MR) is 97.3 cm³/mol. The molecule has 28 heavy (non-hydrogen) atoms. The van der Waals surface area contributed by atoms with E-state index in [-0.39, 0.29) is 25.5 Å². The summed E-state index contributed by atoms with van der Waals surface area (Å²) in [6.45, 7) is 0.312. The van der Waals surface area contributed by atoms with Crippen LogP contribution in [0.4, 0.5) is 18.9 Å². The minimum absolute atomic E-state index is 0.105. The van der Waals surface area contributed by atoms with E-state index in [0.717, 1.165) is 6.07 Å². The van der Waals surface area contributed by atoms with E-state index >= 15 is 0 Å². The van der Waals surface area contributed by atoms with Crippen LogP contribution in [0.15, 0.2) is 12.1 Å². The molecule has 0 aliphatic carbocycles. The Hall–Kier alpha value is -2.27. The highest BCUT2D eigenvalue weighted by molar-refractivity contribution is 8.00. The lowest BCUT2D eigenvalue weighted by Crippen LogP contribution is -2.48. The third kappa shape index (κ3) is 5.61. The van der Waals surface area contributed by atoms with Crippen molar-refractivity contribution < 1.29 is 32.3 Å². The molecule has 154 valence electrons. The maximum Gasteiger partial charge on any atom is 0.320 e. The molecule has 7 nitrogen and oxygen atoms in total. The number of carbonyl (C=O) groups is 3. The number of hydrogen-bond acceptors (Lipinski definition) is 6. The van der Waals surface area contributed by atoms with E-state index in [4.69, 9.17) is 4.74 Å². The smallest absolute Gasteiger partial charge is 0.320 e. The number of anilines is 1. The van der Waals surface area contributed by atoms with Crippen LogP contribution < -0.4 is 5.32 Å². The topological polar surface area (TPSA) is 79.0 Å². The van der Waals surface area contributed by atoms with Crippen molar-refractivity contribution in [3.8, 4) is 0 Å². The quantitative estimate of drug-likeness (QED) is 0.550. The first-order valence-corrected chi connectivity index (χ1v) is 9.37. The largest absolute Gasteiger partial charge is 0.468 e. The number of carbonyl (C=O) groups excluding carboxylic acids is 3. The average molecular weight is 419 g/mol. The monoisotopic (exact) mass is 419 g/mol. The van der Waals surface area contributed by atoms with Gasteiger partial charge in [-0.2, -0.15) is 0 Å². The molecule has 0 radical (unpaired) electrons. The number of amides is 2. The van der Waals surface area contributed by atoms with Gasteiger partial charge in [-0.15, -0.1) is 11.8 Å². The Labute approximate surface area is 164 Å². The summed E-state index contributed by atoms with van der Waals surface area (Å²) in [5, 5.41) is 1.69. The van der Waals surface area contributed by atoms with Crippen molar-refractivity contribution in [2.24, 2.45) is 0 Å². The van der Waals surface area contributed by atoms with Gasteiger partial charge in [-0.05, 0) is 19.2 Å². The van der Waals surface area contributed by atoms with Gasteiger partial charge in [0.2, 0.25) is 11.8 Å². The molecule has 0 aromatic heterocycles. The van der Waals surface area contributed by atoms with Gasteiger partial charge in [0.15, 0.2) is 17.5 Å². The number of hydrogen-bond donors (Lipinski definition) is 1. The van der Waals surface area contributed by atoms with Gasteiger partial charge in [-0.25, -0.2) is 13.2 Å². The maximum atomic E-state index is 13.6. The number of benzene rings is 1. The summed E-state index contributed by atoms with van der Waals surface area (Å²) in [6.07, 6.45) is 0. The van der Waals surface area contributed by atoms with Gasteiger partial charge in [-0.1, -0.05) is 0 Å². The number of rotatable bonds is 6. The summed E-state index contributed by atoms with van der Waals surface area (Å²) in [4.78, 5) is 38.9. The number of halogens is 3. The van der Waals surface area contributed by atoms with Crippen LogP contribution in [0.1, 0.15) is 0 Å². The van der Waals surface area contributed by atoms with E-state index in [1.165, 1.54) is 35.7 Å². The molecule has 0 saturated carbocycles. The third-order valence-electron chi connectivity index (χ3n) is 4.01. The molecule has 1 saturated heterocycles. The molecular weight excluding hydrogens is 399 g/mol. The second kappa shape index (κ2) is 9.78. The van der Waals surface area contributed by atoms with Crippen LogP contribution in [-0.4, -0.2) is 78.9 Å². The van der Waals surface area contributed by atoms with Crippen molar-refractivity contribution in [1.29, 1.82) is 0 Å². The zero-order valence-corrected chi connectivity index (χ0v) is 16.2. The lowest BCUT2D eigenvalue weighted by atomic mass is 10.2. The molecule has 1 aliphatic heterocycles. The molecule has 0 spiro atoms. The molecule has 1 atom stereocenters. The van der Waals surface area contributed by atoms with Gasteiger partial charge in [0.25, 0.3) is 0 Å². The zero-order valence-electron chi connectivity index (χ0n) is 15.3. The van der Waals surface area contributed by atoms with Crippen molar-refractivity contribution in [2.45, 2.75) is 5.25 Å². The van der Waals surface area contributed by atoms with E-state index in [9.17, 15) is 27.6 Å². The van der Waals surface area contributed by atoms with E-state index in [1.54, 1.807) is 0 Å². The summed E-state index contributed by atoms with van der Waals surface area (Å²) in [6, 6.07) is 1.61. The van der Waals surface area contributed by atoms with Crippen LogP contribution in [0.25, 0.3) is 0 Å². The molecule has 1 N–H and O–H groups in total. The van der Waals surface area contributed by atoms with E-state index in [0.29, 0.717) is 18.4 Å². The molecule has 2 amide bonds. The van der Waals surface area contributed by atoms with Gasteiger partial charge in [0.1, 0.15) is 5.25 Å². The van der Waals surface area contributed by atoms with Crippen molar-refractivity contribution in [3.05, 3.63) is 29.6 Å². The number of ether oxygens (including phenoxy) is 1. The fraction of sp³-hybridized carbons (Fsp3) is 0.471. The molecular formula is C17H20F3N3O4S.